The van der Waals surface area contributed by atoms with E-state index in [0.29, 0.717) is 29.1 Å². The number of thioether (sulfide) groups is 2. The minimum absolute atomic E-state index is 0.246. The maximum atomic E-state index is 12.4. The summed E-state index contributed by atoms with van der Waals surface area (Å²) in [5, 5.41) is 9.78. The molecule has 8 nitrogen and oxygen atoms in total. The third-order valence-electron chi connectivity index (χ3n) is 4.49. The van der Waals surface area contributed by atoms with Crippen LogP contribution in [-0.4, -0.2) is 49.7 Å². The van der Waals surface area contributed by atoms with Crippen LogP contribution in [0.5, 0.6) is 5.75 Å². The van der Waals surface area contributed by atoms with Crippen molar-refractivity contribution in [3.63, 3.8) is 0 Å². The number of hydrogen-bond acceptors (Lipinski definition) is 9. The lowest BCUT2D eigenvalue weighted by Crippen LogP contribution is -2.20. The zero-order valence-corrected chi connectivity index (χ0v) is 20.5. The molecule has 1 atom stereocenters. The fourth-order valence-corrected chi connectivity index (χ4v) is 4.86. The number of carbonyl (C=O) groups is 1. The van der Waals surface area contributed by atoms with Crippen LogP contribution in [0, 0.1) is 13.8 Å². The highest BCUT2D eigenvalue weighted by Gasteiger charge is 2.24. The third kappa shape index (κ3) is 6.01. The molecule has 3 aromatic rings. The summed E-state index contributed by atoms with van der Waals surface area (Å²) in [6.45, 7) is 8.01. The van der Waals surface area contributed by atoms with Gasteiger partial charge in [-0.2, -0.15) is 0 Å². The molecule has 0 bridgehead atoms. The van der Waals surface area contributed by atoms with Crippen molar-refractivity contribution in [2.24, 2.45) is 0 Å². The molecule has 0 fully saturated rings. The van der Waals surface area contributed by atoms with Gasteiger partial charge in [-0.3, -0.25) is 9.36 Å². The maximum absolute atomic E-state index is 12.4. The number of nitrogens with zero attached hydrogens (tertiary/aromatic N) is 5. The number of esters is 1. The third-order valence-corrected chi connectivity index (χ3v) is 6.62. The average molecular weight is 474 g/mol. The van der Waals surface area contributed by atoms with Crippen molar-refractivity contribution in [2.45, 2.75) is 55.4 Å². The van der Waals surface area contributed by atoms with Gasteiger partial charge in [-0.15, -0.1) is 10.2 Å². The molecular formula is C22H27N5O3S2. The number of aryl methyl sites for hydroxylation is 2. The molecule has 32 heavy (non-hydrogen) atoms. The minimum Gasteiger partial charge on any atom is -0.497 e. The van der Waals surface area contributed by atoms with Crippen LogP contribution in [0.1, 0.15) is 37.5 Å². The van der Waals surface area contributed by atoms with Gasteiger partial charge in [0, 0.05) is 17.1 Å². The summed E-state index contributed by atoms with van der Waals surface area (Å²) in [6.07, 6.45) is 0.624. The van der Waals surface area contributed by atoms with Crippen LogP contribution in [0.15, 0.2) is 40.6 Å². The molecular weight excluding hydrogens is 446 g/mol. The molecule has 0 saturated heterocycles. The van der Waals surface area contributed by atoms with Crippen LogP contribution >= 0.6 is 23.5 Å². The van der Waals surface area contributed by atoms with E-state index >= 15 is 0 Å². The Kier molecular flexibility index (Phi) is 8.52. The van der Waals surface area contributed by atoms with E-state index in [1.807, 2.05) is 55.7 Å². The topological polar surface area (TPSA) is 92.0 Å². The Labute approximate surface area is 196 Å². The smallest absolute Gasteiger partial charge is 0.319 e. The average Bonchev–Trinajstić information content (AvgIpc) is 3.18. The summed E-state index contributed by atoms with van der Waals surface area (Å²) < 4.78 is 12.5. The monoisotopic (exact) mass is 473 g/mol. The van der Waals surface area contributed by atoms with E-state index in [1.54, 1.807) is 14.0 Å². The van der Waals surface area contributed by atoms with E-state index in [2.05, 4.69) is 20.2 Å². The van der Waals surface area contributed by atoms with Crippen molar-refractivity contribution >= 4 is 29.5 Å². The summed E-state index contributed by atoms with van der Waals surface area (Å²) in [5.74, 6) is 1.78. The molecule has 0 spiro atoms. The second-order valence-electron chi connectivity index (χ2n) is 6.92. The summed E-state index contributed by atoms with van der Waals surface area (Å²) in [4.78, 5) is 21.3. The van der Waals surface area contributed by atoms with E-state index in [1.165, 1.54) is 23.5 Å². The van der Waals surface area contributed by atoms with Gasteiger partial charge in [0.25, 0.3) is 0 Å². The van der Waals surface area contributed by atoms with E-state index in [4.69, 9.17) is 9.47 Å². The fourth-order valence-electron chi connectivity index (χ4n) is 3.01. The highest BCUT2D eigenvalue weighted by atomic mass is 32.2. The molecule has 2 heterocycles. The summed E-state index contributed by atoms with van der Waals surface area (Å²) in [5.41, 5.74) is 2.73. The van der Waals surface area contributed by atoms with Gasteiger partial charge in [0.15, 0.2) is 10.3 Å². The number of aromatic nitrogens is 5. The largest absolute Gasteiger partial charge is 0.497 e. The van der Waals surface area contributed by atoms with Crippen molar-refractivity contribution in [1.82, 2.24) is 24.7 Å². The lowest BCUT2D eigenvalue weighted by Gasteiger charge is -2.15. The van der Waals surface area contributed by atoms with E-state index in [-0.39, 0.29) is 11.2 Å². The van der Waals surface area contributed by atoms with Crippen LogP contribution in [0.3, 0.4) is 0 Å². The van der Waals surface area contributed by atoms with E-state index in [9.17, 15) is 4.79 Å². The Balaban J connectivity index is 1.92. The second-order valence-corrected chi connectivity index (χ2v) is 9.03. The van der Waals surface area contributed by atoms with Gasteiger partial charge in [0.05, 0.1) is 19.5 Å². The lowest BCUT2D eigenvalue weighted by molar-refractivity contribution is -0.142. The summed E-state index contributed by atoms with van der Waals surface area (Å²) >= 11 is 2.86. The molecule has 0 aliphatic rings. The highest BCUT2D eigenvalue weighted by molar-refractivity contribution is 8.00. The minimum atomic E-state index is -0.362. The Morgan fingerprint density at radius 1 is 1.09 bits per heavy atom. The molecule has 2 aromatic heterocycles. The number of hydrogen-bond donors (Lipinski definition) is 0. The normalized spacial score (nSPS) is 11.9. The van der Waals surface area contributed by atoms with Crippen LogP contribution < -0.4 is 4.74 Å². The predicted molar refractivity (Wildman–Crippen MR) is 126 cm³/mol. The molecule has 1 aromatic carbocycles. The standard InChI is InChI=1S/C22H27N5O3S2/c1-6-18(20(28)30-7-2)32-22-26-25-19(13-31-21-23-14(3)12-15(4)24-21)27(22)16-8-10-17(29-5)11-9-16/h8-12,18H,6-7,13H2,1-5H3/t18-/m0/s1. The maximum Gasteiger partial charge on any atom is 0.319 e. The van der Waals surface area contributed by atoms with Gasteiger partial charge >= 0.3 is 5.97 Å². The van der Waals surface area contributed by atoms with Crippen molar-refractivity contribution in [1.29, 1.82) is 0 Å². The molecule has 0 saturated carbocycles. The quantitative estimate of drug-likeness (QED) is 0.241. The van der Waals surface area contributed by atoms with Gasteiger partial charge in [-0.25, -0.2) is 9.97 Å². The number of rotatable bonds is 10. The van der Waals surface area contributed by atoms with Gasteiger partial charge in [-0.05, 0) is 57.5 Å². The lowest BCUT2D eigenvalue weighted by atomic mass is 10.3. The fraction of sp³-hybridized carbons (Fsp3) is 0.409. The first-order chi connectivity index (χ1) is 15.4. The molecule has 0 aliphatic carbocycles. The molecule has 3 rings (SSSR count). The van der Waals surface area contributed by atoms with E-state index < -0.39 is 0 Å². The molecule has 170 valence electrons. The summed E-state index contributed by atoms with van der Waals surface area (Å²) in [6, 6.07) is 9.60. The number of ether oxygens (including phenoxy) is 2. The predicted octanol–water partition coefficient (Wildman–Crippen LogP) is 4.41. The molecule has 10 heteroatoms. The van der Waals surface area contributed by atoms with Crippen molar-refractivity contribution in [3.05, 3.63) is 47.5 Å². The van der Waals surface area contributed by atoms with Gasteiger partial charge in [0.2, 0.25) is 0 Å². The first kappa shape index (κ1) is 24.1. The van der Waals surface area contributed by atoms with Gasteiger partial charge in [-0.1, -0.05) is 30.4 Å². The van der Waals surface area contributed by atoms with Crippen molar-refractivity contribution < 1.29 is 14.3 Å². The zero-order chi connectivity index (χ0) is 23.1. The van der Waals surface area contributed by atoms with Crippen LogP contribution in [0.2, 0.25) is 0 Å². The van der Waals surface area contributed by atoms with E-state index in [0.717, 1.165) is 28.6 Å². The number of benzene rings is 1. The summed E-state index contributed by atoms with van der Waals surface area (Å²) in [7, 11) is 1.63. The Morgan fingerprint density at radius 2 is 1.78 bits per heavy atom. The van der Waals surface area contributed by atoms with Gasteiger partial charge < -0.3 is 9.47 Å². The Bertz CT molecular complexity index is 1040. The molecule has 0 amide bonds. The Morgan fingerprint density at radius 3 is 2.38 bits per heavy atom. The molecule has 0 aliphatic heterocycles. The van der Waals surface area contributed by atoms with Crippen LogP contribution in [0.4, 0.5) is 0 Å². The van der Waals surface area contributed by atoms with Crippen molar-refractivity contribution in [2.75, 3.05) is 13.7 Å². The molecule has 0 N–H and O–H groups in total. The number of methoxy groups -OCH3 is 1. The zero-order valence-electron chi connectivity index (χ0n) is 18.9. The highest BCUT2D eigenvalue weighted by Crippen LogP contribution is 2.30. The molecule has 0 radical (unpaired) electrons. The second kappa shape index (κ2) is 11.3. The number of carbonyl (C=O) groups excluding carboxylic acids is 1. The van der Waals surface area contributed by atoms with Crippen molar-refractivity contribution in [3.8, 4) is 11.4 Å². The first-order valence-corrected chi connectivity index (χ1v) is 12.2. The van der Waals surface area contributed by atoms with Crippen LogP contribution in [0.25, 0.3) is 5.69 Å². The molecule has 0 unspecified atom stereocenters. The van der Waals surface area contributed by atoms with Crippen LogP contribution in [-0.2, 0) is 15.3 Å². The Hall–Kier alpha value is -2.59. The first-order valence-electron chi connectivity index (χ1n) is 10.3. The van der Waals surface area contributed by atoms with Gasteiger partial charge in [0.1, 0.15) is 16.8 Å². The SMILES string of the molecule is CCOC(=O)[C@H](CC)Sc1nnc(CSc2nc(C)cc(C)n2)n1-c1ccc(OC)cc1.